The van der Waals surface area contributed by atoms with Gasteiger partial charge in [-0.2, -0.15) is 0 Å². The van der Waals surface area contributed by atoms with E-state index in [0.717, 1.165) is 22.9 Å². The van der Waals surface area contributed by atoms with E-state index < -0.39 is 23.4 Å². The number of amides is 3. The van der Waals surface area contributed by atoms with Gasteiger partial charge in [-0.05, 0) is 35.0 Å². The Labute approximate surface area is 171 Å². The van der Waals surface area contributed by atoms with Crippen LogP contribution >= 0.6 is 0 Å². The molecule has 8 heteroatoms. The molecule has 6 nitrogen and oxygen atoms in total. The summed E-state index contributed by atoms with van der Waals surface area (Å²) in [4.78, 5) is 35.8. The normalized spacial score (nSPS) is 10.5. The molecule has 0 bridgehead atoms. The van der Waals surface area contributed by atoms with E-state index >= 15 is 0 Å². The highest BCUT2D eigenvalue weighted by Gasteiger charge is 2.10. The first-order valence-corrected chi connectivity index (χ1v) is 9.21. The molecule has 0 aromatic heterocycles. The minimum absolute atomic E-state index is 0.0161. The van der Waals surface area contributed by atoms with Gasteiger partial charge < -0.3 is 16.0 Å². The molecule has 0 saturated carbocycles. The summed E-state index contributed by atoms with van der Waals surface area (Å²) in [6.45, 7) is -0.237. The summed E-state index contributed by atoms with van der Waals surface area (Å²) in [5.74, 6) is -3.43. The number of halogens is 2. The first-order valence-electron chi connectivity index (χ1n) is 9.21. The number of carbonyl (C=O) groups is 3. The van der Waals surface area contributed by atoms with Crippen molar-refractivity contribution in [2.45, 2.75) is 6.42 Å². The molecule has 3 amide bonds. The van der Waals surface area contributed by atoms with Crippen molar-refractivity contribution in [3.63, 3.8) is 0 Å². The summed E-state index contributed by atoms with van der Waals surface area (Å²) in [5, 5.41) is 9.36. The van der Waals surface area contributed by atoms with Gasteiger partial charge in [-0.1, -0.05) is 30.3 Å². The Kier molecular flexibility index (Phi) is 6.69. The first kappa shape index (κ1) is 20.9. The third kappa shape index (κ3) is 5.60. The van der Waals surface area contributed by atoms with Crippen LogP contribution in [0, 0.1) is 11.6 Å². The van der Waals surface area contributed by atoms with E-state index in [1.54, 1.807) is 12.1 Å². The Morgan fingerprint density at radius 3 is 2.30 bits per heavy atom. The highest BCUT2D eigenvalue weighted by molar-refractivity contribution is 5.99. The summed E-state index contributed by atoms with van der Waals surface area (Å²) in [5.41, 5.74) is 0.566. The van der Waals surface area contributed by atoms with Crippen LogP contribution in [-0.4, -0.2) is 30.8 Å². The van der Waals surface area contributed by atoms with Crippen LogP contribution in [0.5, 0.6) is 0 Å². The Hall–Kier alpha value is -3.81. The van der Waals surface area contributed by atoms with Crippen molar-refractivity contribution in [1.29, 1.82) is 0 Å². The molecule has 0 fully saturated rings. The minimum atomic E-state index is -1.08. The summed E-state index contributed by atoms with van der Waals surface area (Å²) in [7, 11) is 0. The summed E-state index contributed by atoms with van der Waals surface area (Å²) < 4.78 is 26.0. The molecule has 0 heterocycles. The maximum atomic E-state index is 13.1. The van der Waals surface area contributed by atoms with Gasteiger partial charge in [-0.25, -0.2) is 8.78 Å². The molecule has 3 rings (SSSR count). The van der Waals surface area contributed by atoms with Gasteiger partial charge in [0, 0.05) is 30.3 Å². The maximum Gasteiger partial charge on any atom is 0.251 e. The molecule has 3 aromatic rings. The van der Waals surface area contributed by atoms with E-state index in [-0.39, 0.29) is 31.1 Å². The van der Waals surface area contributed by atoms with Crippen LogP contribution in [0.25, 0.3) is 10.8 Å². The SMILES string of the molecule is O=C(CCNC(=O)c1ccc2ccccc2c1)NCC(=O)Nc1ccc(F)c(F)c1. The third-order valence-electron chi connectivity index (χ3n) is 4.30. The second-order valence-corrected chi connectivity index (χ2v) is 6.52. The smallest absolute Gasteiger partial charge is 0.251 e. The molecule has 0 aliphatic rings. The molecule has 0 saturated heterocycles. The Morgan fingerprint density at radius 1 is 0.767 bits per heavy atom. The molecule has 154 valence electrons. The summed E-state index contributed by atoms with van der Waals surface area (Å²) >= 11 is 0. The van der Waals surface area contributed by atoms with Crippen molar-refractivity contribution in [1.82, 2.24) is 10.6 Å². The van der Waals surface area contributed by atoms with Gasteiger partial charge in [0.15, 0.2) is 11.6 Å². The van der Waals surface area contributed by atoms with Crippen LogP contribution in [0.1, 0.15) is 16.8 Å². The van der Waals surface area contributed by atoms with Gasteiger partial charge in [-0.15, -0.1) is 0 Å². The highest BCUT2D eigenvalue weighted by Crippen LogP contribution is 2.15. The van der Waals surface area contributed by atoms with Crippen LogP contribution in [-0.2, 0) is 9.59 Å². The van der Waals surface area contributed by atoms with Crippen molar-refractivity contribution in [2.75, 3.05) is 18.4 Å². The Bertz CT molecular complexity index is 1100. The predicted molar refractivity (Wildman–Crippen MR) is 109 cm³/mol. The van der Waals surface area contributed by atoms with Gasteiger partial charge in [0.1, 0.15) is 0 Å². The Balaban J connectivity index is 1.40. The number of nitrogens with one attached hydrogen (secondary N) is 3. The van der Waals surface area contributed by atoms with Gasteiger partial charge in [0.25, 0.3) is 5.91 Å². The molecule has 0 radical (unpaired) electrons. The zero-order valence-electron chi connectivity index (χ0n) is 15.9. The number of carbonyl (C=O) groups excluding carboxylic acids is 3. The molecule has 0 spiro atoms. The van der Waals surface area contributed by atoms with Crippen molar-refractivity contribution >= 4 is 34.2 Å². The molecule has 3 N–H and O–H groups in total. The molecule has 30 heavy (non-hydrogen) atoms. The largest absolute Gasteiger partial charge is 0.352 e. The molecular formula is C22H19F2N3O3. The van der Waals surface area contributed by atoms with Gasteiger partial charge in [0.05, 0.1) is 6.54 Å². The number of fused-ring (bicyclic) bond motifs is 1. The average Bonchev–Trinajstić information content (AvgIpc) is 2.74. The second kappa shape index (κ2) is 9.60. The average molecular weight is 411 g/mol. The summed E-state index contributed by atoms with van der Waals surface area (Å²) in [6, 6.07) is 15.9. The molecule has 3 aromatic carbocycles. The van der Waals surface area contributed by atoms with E-state index in [2.05, 4.69) is 16.0 Å². The molecule has 0 atom stereocenters. The van der Waals surface area contributed by atoms with Gasteiger partial charge >= 0.3 is 0 Å². The highest BCUT2D eigenvalue weighted by atomic mass is 19.2. The van der Waals surface area contributed by atoms with Crippen molar-refractivity contribution in [3.05, 3.63) is 77.9 Å². The number of benzene rings is 3. The third-order valence-corrected chi connectivity index (χ3v) is 4.30. The van der Waals surface area contributed by atoms with Crippen molar-refractivity contribution < 1.29 is 23.2 Å². The van der Waals surface area contributed by atoms with Crippen LogP contribution < -0.4 is 16.0 Å². The fraction of sp³-hybridized carbons (Fsp3) is 0.136. The number of hydrogen-bond acceptors (Lipinski definition) is 3. The lowest BCUT2D eigenvalue weighted by Crippen LogP contribution is -2.35. The zero-order valence-corrected chi connectivity index (χ0v) is 15.9. The van der Waals surface area contributed by atoms with Crippen LogP contribution in [0.4, 0.5) is 14.5 Å². The lowest BCUT2D eigenvalue weighted by atomic mass is 10.1. The first-order chi connectivity index (χ1) is 14.4. The number of rotatable bonds is 7. The van der Waals surface area contributed by atoms with Crippen LogP contribution in [0.15, 0.2) is 60.7 Å². The molecule has 0 aliphatic carbocycles. The quantitative estimate of drug-likeness (QED) is 0.559. The van der Waals surface area contributed by atoms with Gasteiger partial charge in [-0.3, -0.25) is 14.4 Å². The fourth-order valence-electron chi connectivity index (χ4n) is 2.77. The number of anilines is 1. The van der Waals surface area contributed by atoms with Crippen molar-refractivity contribution in [2.24, 2.45) is 0 Å². The second-order valence-electron chi connectivity index (χ2n) is 6.52. The van der Waals surface area contributed by atoms with E-state index in [1.165, 1.54) is 6.07 Å². The fourth-order valence-corrected chi connectivity index (χ4v) is 2.77. The summed E-state index contributed by atoms with van der Waals surface area (Å²) in [6.07, 6.45) is -0.0161. The van der Waals surface area contributed by atoms with Gasteiger partial charge in [0.2, 0.25) is 11.8 Å². The van der Waals surface area contributed by atoms with E-state index in [9.17, 15) is 23.2 Å². The molecule has 0 aliphatic heterocycles. The maximum absolute atomic E-state index is 13.1. The van der Waals surface area contributed by atoms with Crippen molar-refractivity contribution in [3.8, 4) is 0 Å². The topological polar surface area (TPSA) is 87.3 Å². The lowest BCUT2D eigenvalue weighted by molar-refractivity contribution is -0.124. The zero-order chi connectivity index (χ0) is 21.5. The predicted octanol–water partition coefficient (Wildman–Crippen LogP) is 2.99. The molecule has 0 unspecified atom stereocenters. The van der Waals surface area contributed by atoms with E-state index in [4.69, 9.17) is 0 Å². The Morgan fingerprint density at radius 2 is 1.53 bits per heavy atom. The number of hydrogen-bond donors (Lipinski definition) is 3. The monoisotopic (exact) mass is 411 g/mol. The standard InChI is InChI=1S/C22H19F2N3O3/c23-18-8-7-17(12-19(18)24)27-21(29)13-26-20(28)9-10-25-22(30)16-6-5-14-3-1-2-4-15(14)11-16/h1-8,11-12H,9-10,13H2,(H,25,30)(H,26,28)(H,27,29). The van der Waals surface area contributed by atoms with Crippen LogP contribution in [0.3, 0.4) is 0 Å². The van der Waals surface area contributed by atoms with E-state index in [0.29, 0.717) is 5.56 Å². The lowest BCUT2D eigenvalue weighted by Gasteiger charge is -2.08. The van der Waals surface area contributed by atoms with E-state index in [1.807, 2.05) is 30.3 Å². The minimum Gasteiger partial charge on any atom is -0.352 e. The molecular weight excluding hydrogens is 392 g/mol. The van der Waals surface area contributed by atoms with Crippen LogP contribution in [0.2, 0.25) is 0 Å².